The van der Waals surface area contributed by atoms with Crippen LogP contribution >= 0.6 is 11.3 Å². The van der Waals surface area contributed by atoms with E-state index in [0.717, 1.165) is 31.6 Å². The minimum atomic E-state index is 0.0535. The van der Waals surface area contributed by atoms with E-state index in [9.17, 15) is 4.79 Å². The Morgan fingerprint density at radius 3 is 2.90 bits per heavy atom. The van der Waals surface area contributed by atoms with Gasteiger partial charge in [0.25, 0.3) is 5.91 Å². The van der Waals surface area contributed by atoms with E-state index in [2.05, 4.69) is 34.5 Å². The molecule has 3 rings (SSSR count). The van der Waals surface area contributed by atoms with E-state index in [1.165, 1.54) is 5.56 Å². The van der Waals surface area contributed by atoms with Crippen molar-refractivity contribution in [1.29, 1.82) is 0 Å². The number of hydrogen-bond donors (Lipinski definition) is 1. The van der Waals surface area contributed by atoms with Gasteiger partial charge >= 0.3 is 0 Å². The zero-order chi connectivity index (χ0) is 13.8. The summed E-state index contributed by atoms with van der Waals surface area (Å²) in [5, 5.41) is 6.95. The van der Waals surface area contributed by atoms with Crippen LogP contribution in [-0.2, 0) is 6.54 Å². The van der Waals surface area contributed by atoms with Crippen LogP contribution in [-0.4, -0.2) is 29.9 Å². The fourth-order valence-electron chi connectivity index (χ4n) is 2.60. The summed E-state index contributed by atoms with van der Waals surface area (Å²) in [6.45, 7) is 2.94. The summed E-state index contributed by atoms with van der Waals surface area (Å²) in [5.74, 6) is 0.0535. The number of rotatable bonds is 4. The third kappa shape index (κ3) is 3.26. The molecule has 0 bridgehead atoms. The second-order valence-electron chi connectivity index (χ2n) is 5.19. The van der Waals surface area contributed by atoms with Gasteiger partial charge in [-0.25, -0.2) is 0 Å². The molecule has 4 heteroatoms. The average molecular weight is 286 g/mol. The summed E-state index contributed by atoms with van der Waals surface area (Å²) < 4.78 is 0. The number of benzene rings is 1. The molecule has 0 radical (unpaired) electrons. The Bertz CT molecular complexity index is 553. The lowest BCUT2D eigenvalue weighted by Gasteiger charge is -2.16. The molecule has 20 heavy (non-hydrogen) atoms. The summed E-state index contributed by atoms with van der Waals surface area (Å²) >= 11 is 1.56. The summed E-state index contributed by atoms with van der Waals surface area (Å²) in [6, 6.07) is 12.6. The molecule has 1 aliphatic rings. The fourth-order valence-corrected chi connectivity index (χ4v) is 3.23. The van der Waals surface area contributed by atoms with Gasteiger partial charge in [0.1, 0.15) is 0 Å². The molecule has 1 fully saturated rings. The van der Waals surface area contributed by atoms with Crippen LogP contribution in [0.3, 0.4) is 0 Å². The van der Waals surface area contributed by atoms with Gasteiger partial charge in [0.2, 0.25) is 0 Å². The third-order valence-corrected chi connectivity index (χ3v) is 4.32. The standard InChI is InChI=1S/C16H18N2OS/c19-16(14-7-9-20-12-14)17-15-6-8-18(11-15)10-13-4-2-1-3-5-13/h1-5,7,9,12,15H,6,8,10-11H2,(H,17,19). The average Bonchev–Trinajstić information content (AvgIpc) is 3.11. The molecule has 1 N–H and O–H groups in total. The maximum atomic E-state index is 12.0. The molecule has 2 aromatic rings. The number of likely N-dealkylation sites (tertiary alicyclic amines) is 1. The van der Waals surface area contributed by atoms with Crippen molar-refractivity contribution in [1.82, 2.24) is 10.2 Å². The van der Waals surface area contributed by atoms with Gasteiger partial charge < -0.3 is 5.32 Å². The summed E-state index contributed by atoms with van der Waals surface area (Å²) in [6.07, 6.45) is 1.03. The number of thiophene rings is 1. The lowest BCUT2D eigenvalue weighted by molar-refractivity contribution is 0.0938. The van der Waals surface area contributed by atoms with Crippen LogP contribution in [0.1, 0.15) is 22.3 Å². The normalized spacial score (nSPS) is 19.1. The Kier molecular flexibility index (Phi) is 4.14. The molecule has 1 atom stereocenters. The van der Waals surface area contributed by atoms with E-state index in [-0.39, 0.29) is 11.9 Å². The van der Waals surface area contributed by atoms with Gasteiger partial charge in [-0.15, -0.1) is 0 Å². The number of nitrogens with zero attached hydrogens (tertiary/aromatic N) is 1. The molecule has 0 saturated carbocycles. The molecule has 1 amide bonds. The van der Waals surface area contributed by atoms with Crippen molar-refractivity contribution in [3.8, 4) is 0 Å². The molecule has 104 valence electrons. The van der Waals surface area contributed by atoms with Crippen LogP contribution in [0.15, 0.2) is 47.2 Å². The molecule has 1 aromatic carbocycles. The molecule has 2 heterocycles. The Morgan fingerprint density at radius 1 is 1.30 bits per heavy atom. The van der Waals surface area contributed by atoms with Crippen molar-refractivity contribution in [2.24, 2.45) is 0 Å². The minimum absolute atomic E-state index is 0.0535. The first-order valence-electron chi connectivity index (χ1n) is 6.90. The first kappa shape index (κ1) is 13.3. The van der Waals surface area contributed by atoms with Gasteiger partial charge in [-0.05, 0) is 23.4 Å². The maximum absolute atomic E-state index is 12.0. The van der Waals surface area contributed by atoms with Crippen molar-refractivity contribution < 1.29 is 4.79 Å². The SMILES string of the molecule is O=C(NC1CCN(Cc2ccccc2)C1)c1ccsc1. The quantitative estimate of drug-likeness (QED) is 0.937. The molecular weight excluding hydrogens is 268 g/mol. The second kappa shape index (κ2) is 6.20. The van der Waals surface area contributed by atoms with Gasteiger partial charge in [0, 0.05) is 36.6 Å². The van der Waals surface area contributed by atoms with Crippen LogP contribution in [0.4, 0.5) is 0 Å². The monoisotopic (exact) mass is 286 g/mol. The predicted molar refractivity (Wildman–Crippen MR) is 81.9 cm³/mol. The van der Waals surface area contributed by atoms with Crippen LogP contribution < -0.4 is 5.32 Å². The van der Waals surface area contributed by atoms with Crippen LogP contribution in [0.2, 0.25) is 0 Å². The van der Waals surface area contributed by atoms with E-state index >= 15 is 0 Å². The number of carbonyl (C=O) groups excluding carboxylic acids is 1. The fraction of sp³-hybridized carbons (Fsp3) is 0.312. The lowest BCUT2D eigenvalue weighted by atomic mass is 10.2. The molecule has 1 aliphatic heterocycles. The van der Waals surface area contributed by atoms with E-state index in [0.29, 0.717) is 0 Å². The number of hydrogen-bond acceptors (Lipinski definition) is 3. The smallest absolute Gasteiger partial charge is 0.252 e. The highest BCUT2D eigenvalue weighted by Gasteiger charge is 2.24. The largest absolute Gasteiger partial charge is 0.348 e. The van der Waals surface area contributed by atoms with Gasteiger partial charge in [-0.1, -0.05) is 30.3 Å². The Balaban J connectivity index is 1.51. The van der Waals surface area contributed by atoms with E-state index in [4.69, 9.17) is 0 Å². The molecule has 3 nitrogen and oxygen atoms in total. The predicted octanol–water partition coefficient (Wildman–Crippen LogP) is 2.75. The highest BCUT2D eigenvalue weighted by Crippen LogP contribution is 2.14. The zero-order valence-electron chi connectivity index (χ0n) is 11.3. The molecule has 0 spiro atoms. The van der Waals surface area contributed by atoms with Crippen molar-refractivity contribution >= 4 is 17.2 Å². The highest BCUT2D eigenvalue weighted by atomic mass is 32.1. The van der Waals surface area contributed by atoms with E-state index < -0.39 is 0 Å². The van der Waals surface area contributed by atoms with E-state index in [1.807, 2.05) is 22.9 Å². The Hall–Kier alpha value is -1.65. The third-order valence-electron chi connectivity index (χ3n) is 3.64. The minimum Gasteiger partial charge on any atom is -0.348 e. The van der Waals surface area contributed by atoms with Crippen molar-refractivity contribution in [3.05, 3.63) is 58.3 Å². The van der Waals surface area contributed by atoms with Crippen LogP contribution in [0.25, 0.3) is 0 Å². The lowest BCUT2D eigenvalue weighted by Crippen LogP contribution is -2.36. The van der Waals surface area contributed by atoms with Crippen LogP contribution in [0.5, 0.6) is 0 Å². The first-order valence-corrected chi connectivity index (χ1v) is 7.85. The van der Waals surface area contributed by atoms with Crippen LogP contribution in [0, 0.1) is 0 Å². The number of nitrogens with one attached hydrogen (secondary N) is 1. The molecular formula is C16H18N2OS. The van der Waals surface area contributed by atoms with Gasteiger partial charge in [-0.3, -0.25) is 9.69 Å². The number of amides is 1. The molecule has 1 saturated heterocycles. The van der Waals surface area contributed by atoms with Gasteiger partial charge in [-0.2, -0.15) is 11.3 Å². The molecule has 1 aromatic heterocycles. The first-order chi connectivity index (χ1) is 9.81. The van der Waals surface area contributed by atoms with Gasteiger partial charge in [0.05, 0.1) is 0 Å². The zero-order valence-corrected chi connectivity index (χ0v) is 12.1. The van der Waals surface area contributed by atoms with E-state index in [1.54, 1.807) is 11.3 Å². The number of carbonyl (C=O) groups is 1. The van der Waals surface area contributed by atoms with Crippen molar-refractivity contribution in [2.45, 2.75) is 19.0 Å². The Labute approximate surface area is 123 Å². The Morgan fingerprint density at radius 2 is 2.15 bits per heavy atom. The maximum Gasteiger partial charge on any atom is 0.252 e. The topological polar surface area (TPSA) is 32.3 Å². The summed E-state index contributed by atoms with van der Waals surface area (Å²) in [5.41, 5.74) is 2.11. The highest BCUT2D eigenvalue weighted by molar-refractivity contribution is 7.08. The van der Waals surface area contributed by atoms with Crippen molar-refractivity contribution in [2.75, 3.05) is 13.1 Å². The van der Waals surface area contributed by atoms with Crippen molar-refractivity contribution in [3.63, 3.8) is 0 Å². The summed E-state index contributed by atoms with van der Waals surface area (Å²) in [4.78, 5) is 14.4. The molecule has 1 unspecified atom stereocenters. The molecule has 0 aliphatic carbocycles. The second-order valence-corrected chi connectivity index (χ2v) is 5.97. The summed E-state index contributed by atoms with van der Waals surface area (Å²) in [7, 11) is 0. The van der Waals surface area contributed by atoms with Gasteiger partial charge in [0.15, 0.2) is 0 Å².